The third-order valence-corrected chi connectivity index (χ3v) is 10.7. The highest BCUT2D eigenvalue weighted by Gasteiger charge is 2.39. The van der Waals surface area contributed by atoms with Crippen molar-refractivity contribution in [1.29, 1.82) is 0 Å². The van der Waals surface area contributed by atoms with Gasteiger partial charge in [0.2, 0.25) is 35.4 Å². The molecule has 55 heavy (non-hydrogen) atoms. The summed E-state index contributed by atoms with van der Waals surface area (Å²) in [6.07, 6.45) is 9.31. The molecule has 316 valence electrons. The van der Waals surface area contributed by atoms with Gasteiger partial charge in [-0.3, -0.25) is 28.8 Å². The number of nitrogens with zero attached hydrogens (tertiary/aromatic N) is 1. The minimum Gasteiger partial charge on any atom is -0.375 e. The van der Waals surface area contributed by atoms with Crippen molar-refractivity contribution in [3.63, 3.8) is 0 Å². The van der Waals surface area contributed by atoms with E-state index >= 15 is 0 Å². The Morgan fingerprint density at radius 3 is 2.18 bits per heavy atom. The van der Waals surface area contributed by atoms with E-state index in [1.165, 1.54) is 4.90 Å². The van der Waals surface area contributed by atoms with Crippen molar-refractivity contribution >= 4 is 35.4 Å². The lowest BCUT2D eigenvalue weighted by molar-refractivity contribution is -0.147. The summed E-state index contributed by atoms with van der Waals surface area (Å²) in [5.41, 5.74) is 11.5. The number of rotatable bonds is 16. The van der Waals surface area contributed by atoms with Crippen molar-refractivity contribution in [2.45, 2.75) is 148 Å². The highest BCUT2D eigenvalue weighted by atomic mass is 16.5. The molecule has 0 aromatic carbocycles. The minimum absolute atomic E-state index is 0.0381. The number of likely N-dealkylation sites (N-methyl/N-ethyl adjacent to an activating group) is 1. The quantitative estimate of drug-likeness (QED) is 0.101. The van der Waals surface area contributed by atoms with Crippen molar-refractivity contribution in [2.75, 3.05) is 46.4 Å². The lowest BCUT2D eigenvalue weighted by Gasteiger charge is -2.35. The van der Waals surface area contributed by atoms with Crippen LogP contribution in [0.5, 0.6) is 0 Å². The molecule has 2 aliphatic rings. The third-order valence-electron chi connectivity index (χ3n) is 10.7. The van der Waals surface area contributed by atoms with Crippen LogP contribution in [0.2, 0.25) is 0 Å². The van der Waals surface area contributed by atoms with Crippen LogP contribution in [-0.2, 0) is 33.5 Å². The van der Waals surface area contributed by atoms with E-state index in [9.17, 15) is 28.8 Å². The Labute approximate surface area is 328 Å². The lowest BCUT2D eigenvalue weighted by Crippen LogP contribution is -2.62. The molecule has 0 spiro atoms. The topological polar surface area (TPSA) is 239 Å². The number of carbonyl (C=O) groups is 6. The Balaban J connectivity index is 2.55. The fourth-order valence-corrected chi connectivity index (χ4v) is 7.20. The molecule has 0 aromatic rings. The average molecular weight is 780 g/mol. The Bertz CT molecular complexity index is 1220. The SMILES string of the molecule is CCCCCC[C@H]1OC[C@@H](C)NC(=O)[C@H](CNC(=O)CNCCN)NC(=O)[C@H](CN)NC(=O)[C@H](C2CCCCC2)NC(=O)[C@H](CCC(C)C)N(C)C(=O)[C@@H]1C. The van der Waals surface area contributed by atoms with Gasteiger partial charge in [0, 0.05) is 39.3 Å². The predicted molar refractivity (Wildman–Crippen MR) is 212 cm³/mol. The molecule has 0 bridgehead atoms. The first kappa shape index (κ1) is 47.8. The van der Waals surface area contributed by atoms with E-state index in [0.717, 1.165) is 44.9 Å². The van der Waals surface area contributed by atoms with Crippen LogP contribution < -0.4 is 43.4 Å². The molecular formula is C39H73N9O7. The van der Waals surface area contributed by atoms with E-state index in [1.54, 1.807) is 14.0 Å². The zero-order chi connectivity index (χ0) is 40.9. The first-order valence-electron chi connectivity index (χ1n) is 20.7. The maximum atomic E-state index is 14.3. The molecule has 0 radical (unpaired) electrons. The minimum atomic E-state index is -1.24. The number of carbonyl (C=O) groups excluding carboxylic acids is 6. The van der Waals surface area contributed by atoms with Gasteiger partial charge in [-0.05, 0) is 50.9 Å². The van der Waals surface area contributed by atoms with Crippen molar-refractivity contribution in [2.24, 2.45) is 29.2 Å². The summed E-state index contributed by atoms with van der Waals surface area (Å²) in [6.45, 7) is 10.1. The zero-order valence-corrected chi connectivity index (χ0v) is 34.4. The van der Waals surface area contributed by atoms with E-state index in [2.05, 4.69) is 52.7 Å². The largest absolute Gasteiger partial charge is 0.375 e. The van der Waals surface area contributed by atoms with Crippen LogP contribution >= 0.6 is 0 Å². The van der Waals surface area contributed by atoms with E-state index in [0.29, 0.717) is 45.2 Å². The molecular weight excluding hydrogens is 706 g/mol. The van der Waals surface area contributed by atoms with Crippen LogP contribution in [0.1, 0.15) is 112 Å². The molecule has 16 nitrogen and oxygen atoms in total. The summed E-state index contributed by atoms with van der Waals surface area (Å²) in [7, 11) is 1.64. The molecule has 7 atom stereocenters. The molecule has 10 N–H and O–H groups in total. The van der Waals surface area contributed by atoms with Crippen molar-refractivity contribution in [3.05, 3.63) is 0 Å². The molecule has 1 saturated heterocycles. The Kier molecular flexibility index (Phi) is 22.4. The number of unbranched alkanes of at least 4 members (excludes halogenated alkanes) is 3. The van der Waals surface area contributed by atoms with Crippen LogP contribution in [0.4, 0.5) is 0 Å². The van der Waals surface area contributed by atoms with Gasteiger partial charge in [-0.1, -0.05) is 72.6 Å². The Morgan fingerprint density at radius 1 is 0.873 bits per heavy atom. The standard InChI is InChI=1S/C39H73N9O7/c1-7-8-9-13-16-32-27(5)39(54)48(6)31(18-17-25(2)3)37(52)47-34(28-14-11-10-12-15-28)38(53)45-29(21-41)35(50)46-30(36(51)44-26(4)24-55-32)22-43-33(49)23-42-20-19-40/h25-32,34,42H,7-24,40-41H2,1-6H3,(H,43,49)(H,44,51)(H,45,53)(H,46,50)(H,47,52)/t26-,27-,29+,30+,31+,32-,34+/m1/s1. The highest BCUT2D eigenvalue weighted by Crippen LogP contribution is 2.28. The smallest absolute Gasteiger partial charge is 0.244 e. The summed E-state index contributed by atoms with van der Waals surface area (Å²) in [6, 6.07) is -4.83. The predicted octanol–water partition coefficient (Wildman–Crippen LogP) is 0.418. The van der Waals surface area contributed by atoms with Gasteiger partial charge in [0.05, 0.1) is 25.2 Å². The second-order valence-corrected chi connectivity index (χ2v) is 15.9. The molecule has 1 aliphatic carbocycles. The van der Waals surface area contributed by atoms with Gasteiger partial charge in [-0.15, -0.1) is 0 Å². The van der Waals surface area contributed by atoms with Crippen LogP contribution in [0.25, 0.3) is 0 Å². The van der Waals surface area contributed by atoms with Gasteiger partial charge in [-0.2, -0.15) is 0 Å². The van der Waals surface area contributed by atoms with E-state index < -0.39 is 71.8 Å². The van der Waals surface area contributed by atoms with E-state index in [-0.39, 0.29) is 44.0 Å². The Hall–Kier alpha value is -3.34. The molecule has 0 unspecified atom stereocenters. The molecule has 1 saturated carbocycles. The summed E-state index contributed by atoms with van der Waals surface area (Å²) < 4.78 is 6.38. The maximum absolute atomic E-state index is 14.3. The molecule has 6 amide bonds. The summed E-state index contributed by atoms with van der Waals surface area (Å²) in [5, 5.41) is 16.8. The van der Waals surface area contributed by atoms with Crippen LogP contribution in [-0.4, -0.2) is 123 Å². The van der Waals surface area contributed by atoms with E-state index in [1.807, 2.05) is 6.92 Å². The highest BCUT2D eigenvalue weighted by molar-refractivity contribution is 5.96. The number of amides is 6. The molecule has 1 aliphatic heterocycles. The fraction of sp³-hybridized carbons (Fsp3) is 0.846. The molecule has 2 rings (SSSR count). The van der Waals surface area contributed by atoms with Gasteiger partial charge in [-0.25, -0.2) is 0 Å². The van der Waals surface area contributed by atoms with Crippen LogP contribution in [0.3, 0.4) is 0 Å². The molecule has 2 fully saturated rings. The average Bonchev–Trinajstić information content (AvgIpc) is 3.16. The number of hydrogen-bond donors (Lipinski definition) is 8. The summed E-state index contributed by atoms with van der Waals surface area (Å²) in [4.78, 5) is 84.0. The number of hydrogen-bond acceptors (Lipinski definition) is 10. The molecule has 1 heterocycles. The second kappa shape index (κ2) is 25.7. The van der Waals surface area contributed by atoms with Gasteiger partial charge in [0.15, 0.2) is 0 Å². The summed E-state index contributed by atoms with van der Waals surface area (Å²) in [5.74, 6) is -3.47. The number of nitrogens with one attached hydrogen (secondary N) is 6. The molecule has 16 heteroatoms. The fourth-order valence-electron chi connectivity index (χ4n) is 7.20. The van der Waals surface area contributed by atoms with Crippen LogP contribution in [0, 0.1) is 17.8 Å². The second-order valence-electron chi connectivity index (χ2n) is 15.9. The normalized spacial score (nSPS) is 27.3. The zero-order valence-electron chi connectivity index (χ0n) is 34.4. The maximum Gasteiger partial charge on any atom is 0.244 e. The van der Waals surface area contributed by atoms with Gasteiger partial charge in [0.25, 0.3) is 0 Å². The first-order valence-corrected chi connectivity index (χ1v) is 20.7. The monoisotopic (exact) mass is 780 g/mol. The van der Waals surface area contributed by atoms with Gasteiger partial charge < -0.3 is 53.0 Å². The van der Waals surface area contributed by atoms with E-state index in [4.69, 9.17) is 16.2 Å². The third kappa shape index (κ3) is 16.7. The summed E-state index contributed by atoms with van der Waals surface area (Å²) >= 11 is 0. The van der Waals surface area contributed by atoms with Gasteiger partial charge in [0.1, 0.15) is 24.2 Å². The number of nitrogens with two attached hydrogens (primary N) is 2. The number of ether oxygens (including phenoxy) is 1. The van der Waals surface area contributed by atoms with Gasteiger partial charge >= 0.3 is 0 Å². The molecule has 0 aromatic heterocycles. The Morgan fingerprint density at radius 2 is 1.55 bits per heavy atom. The lowest BCUT2D eigenvalue weighted by atomic mass is 9.83. The van der Waals surface area contributed by atoms with Crippen molar-refractivity contribution < 1.29 is 33.5 Å². The van der Waals surface area contributed by atoms with Crippen molar-refractivity contribution in [1.82, 2.24) is 36.8 Å². The first-order chi connectivity index (χ1) is 26.2. The van der Waals surface area contributed by atoms with Crippen molar-refractivity contribution in [3.8, 4) is 0 Å². The van der Waals surface area contributed by atoms with Crippen LogP contribution in [0.15, 0.2) is 0 Å².